The normalized spacial score (nSPS) is 15.8. The number of non-ortho nitro benzene ring substituents is 1. The molecule has 1 fully saturated rings. The Morgan fingerprint density at radius 1 is 0.930 bits per heavy atom. The van der Waals surface area contributed by atoms with Gasteiger partial charge in [-0.1, -0.05) is 66.2 Å². The van der Waals surface area contributed by atoms with Crippen molar-refractivity contribution in [3.8, 4) is 11.5 Å². The monoisotopic (exact) mass is 1210 g/mol. The number of alkyl carbamates (subject to hydrolysis) is 1. The van der Waals surface area contributed by atoms with Crippen molar-refractivity contribution in [2.24, 2.45) is 15.2 Å². The van der Waals surface area contributed by atoms with E-state index in [4.69, 9.17) is 66.0 Å². The molecule has 1 aliphatic rings. The molecule has 1 N–H and O–H groups in total. The van der Waals surface area contributed by atoms with Gasteiger partial charge in [0.2, 0.25) is 6.54 Å². The summed E-state index contributed by atoms with van der Waals surface area (Å²) in [7, 11) is 5.25. The Morgan fingerprint density at radius 2 is 1.58 bits per heavy atom. The minimum absolute atomic E-state index is 0.00160. The number of carbonyl (C=O) groups is 1. The SMILES string of the molecule is [C-]#[N+]CCOP(OC1CC(n2nc(CNC(=O)OCN(CC)c3ccc(/N=N/c4ccc([N+](=O)[O-])cc4Cl)cc3)c3c(/N=C(/C)N(C)C)ncnc32)OC1COC(c1ccccc1)(c1ccc(OC)cc1)c1ccc(OC)cc1)N(C(C)C)C(C)C. The number of ether oxygens (including phenoxy) is 5. The van der Waals surface area contributed by atoms with Gasteiger partial charge in [-0.05, 0) is 113 Å². The summed E-state index contributed by atoms with van der Waals surface area (Å²) in [6.45, 7) is 20.3. The van der Waals surface area contributed by atoms with Crippen molar-refractivity contribution >= 4 is 71.7 Å². The van der Waals surface area contributed by atoms with Gasteiger partial charge in [0, 0.05) is 57.0 Å². The number of methoxy groups -OCH3 is 2. The number of aromatic nitrogens is 4. The molecule has 2 aromatic heterocycles. The number of fused-ring (bicyclic) bond motifs is 1. The van der Waals surface area contributed by atoms with E-state index >= 15 is 0 Å². The van der Waals surface area contributed by atoms with Gasteiger partial charge in [0.25, 0.3) is 14.2 Å². The molecule has 0 bridgehead atoms. The number of hydrogen-bond donors (Lipinski definition) is 1. The van der Waals surface area contributed by atoms with Crippen LogP contribution in [0.25, 0.3) is 15.9 Å². The first-order valence-electron chi connectivity index (χ1n) is 27.9. The molecular weight excluding hydrogens is 1140 g/mol. The number of nitro benzene ring substituents is 1. The van der Waals surface area contributed by atoms with Gasteiger partial charge < -0.3 is 52.7 Å². The minimum atomic E-state index is -1.77. The van der Waals surface area contributed by atoms with Gasteiger partial charge in [0.1, 0.15) is 47.7 Å². The van der Waals surface area contributed by atoms with Gasteiger partial charge in [0.05, 0.1) is 60.2 Å². The lowest BCUT2D eigenvalue weighted by Gasteiger charge is -2.39. The molecule has 7 aromatic rings. The number of carbonyl (C=O) groups excluding carboxylic acids is 1. The Balaban J connectivity index is 1.11. The summed E-state index contributed by atoms with van der Waals surface area (Å²) in [5.41, 5.74) is 3.47. The van der Waals surface area contributed by atoms with Crippen LogP contribution in [0.2, 0.25) is 5.02 Å². The van der Waals surface area contributed by atoms with Crippen molar-refractivity contribution in [3.63, 3.8) is 0 Å². The second-order valence-corrected chi connectivity index (χ2v) is 22.4. The van der Waals surface area contributed by atoms with Crippen LogP contribution in [0, 0.1) is 16.7 Å². The lowest BCUT2D eigenvalue weighted by atomic mass is 9.80. The quantitative estimate of drug-likeness (QED) is 0.00482. The van der Waals surface area contributed by atoms with Crippen LogP contribution in [-0.4, -0.2) is 132 Å². The van der Waals surface area contributed by atoms with Crippen molar-refractivity contribution in [1.29, 1.82) is 0 Å². The molecule has 8 rings (SSSR count). The highest BCUT2D eigenvalue weighted by Crippen LogP contribution is 2.51. The Hall–Kier alpha value is -8.20. The number of amidine groups is 1. The number of amides is 1. The number of aliphatic imine (C=N–C) groups is 1. The number of benzene rings is 5. The highest BCUT2D eigenvalue weighted by Gasteiger charge is 2.46. The molecule has 452 valence electrons. The lowest BCUT2D eigenvalue weighted by molar-refractivity contribution is -0.384. The summed E-state index contributed by atoms with van der Waals surface area (Å²) in [5.74, 6) is 2.34. The predicted octanol–water partition coefficient (Wildman–Crippen LogP) is 13.1. The molecule has 23 nitrogen and oxygen atoms in total. The summed E-state index contributed by atoms with van der Waals surface area (Å²) < 4.78 is 49.3. The highest BCUT2D eigenvalue weighted by atomic mass is 35.5. The molecule has 0 aliphatic carbocycles. The molecule has 0 spiro atoms. The molecule has 4 unspecified atom stereocenters. The van der Waals surface area contributed by atoms with Crippen molar-refractivity contribution in [2.75, 3.05) is 66.2 Å². The molecule has 5 aromatic carbocycles. The third-order valence-electron chi connectivity index (χ3n) is 14.2. The zero-order valence-corrected chi connectivity index (χ0v) is 51.4. The summed E-state index contributed by atoms with van der Waals surface area (Å²) >= 11 is 6.22. The standard InChI is InChI=1S/C61H71ClN13O10P/c1-12-72(47-24-22-46(23-25-47)68-69-52-31-26-48(75(77)78)34-51(52)62)39-81-60(76)64-36-53-57-58(67-42(6)71(8)9)65-38-66-59(57)73(70-53)56-35-54(85-86(83-33-32-63-7)74(40(2)3)41(4)5)55(84-56)37-82-61(43-16-14-13-15-17-43,44-18-27-49(79-10)28-19-44)45-20-29-50(80-11)30-21-45/h13-31,34,38,40-41,54-56H,12,32-33,35-37,39H2,1-6,8-11H3,(H,64,76)/b67-42-,69-68+. The van der Waals surface area contributed by atoms with Crippen LogP contribution in [0.1, 0.15) is 76.6 Å². The predicted molar refractivity (Wildman–Crippen MR) is 330 cm³/mol. The van der Waals surface area contributed by atoms with E-state index in [0.717, 1.165) is 22.4 Å². The maximum Gasteiger partial charge on any atom is 0.409 e. The number of nitrogens with zero attached hydrogens (tertiary/aromatic N) is 12. The molecular formula is C61H71ClN13O10P. The van der Waals surface area contributed by atoms with Crippen LogP contribution in [-0.2, 0) is 35.4 Å². The van der Waals surface area contributed by atoms with Gasteiger partial charge in [-0.3, -0.25) is 10.1 Å². The van der Waals surface area contributed by atoms with Crippen molar-refractivity contribution < 1.29 is 42.4 Å². The van der Waals surface area contributed by atoms with Gasteiger partial charge in [-0.25, -0.2) is 35.7 Å². The van der Waals surface area contributed by atoms with Gasteiger partial charge in [-0.2, -0.15) is 10.2 Å². The Morgan fingerprint density at radius 3 is 2.16 bits per heavy atom. The molecule has 1 aliphatic heterocycles. The van der Waals surface area contributed by atoms with Crippen molar-refractivity contribution in [1.82, 2.24) is 34.6 Å². The first-order valence-corrected chi connectivity index (χ1v) is 29.4. The first-order chi connectivity index (χ1) is 41.5. The van der Waals surface area contributed by atoms with E-state index in [9.17, 15) is 14.9 Å². The van der Waals surface area contributed by atoms with Crippen molar-refractivity contribution in [3.05, 3.63) is 177 Å². The fourth-order valence-corrected chi connectivity index (χ4v) is 11.7. The van der Waals surface area contributed by atoms with Gasteiger partial charge in [0.15, 0.2) is 24.4 Å². The van der Waals surface area contributed by atoms with Crippen LogP contribution in [0.5, 0.6) is 11.5 Å². The zero-order valence-electron chi connectivity index (χ0n) is 49.7. The number of rotatable bonds is 27. The first kappa shape index (κ1) is 63.8. The summed E-state index contributed by atoms with van der Waals surface area (Å²) in [6, 6.07) is 36.7. The minimum Gasteiger partial charge on any atom is -0.497 e. The number of anilines is 1. The Kier molecular flexibility index (Phi) is 22.1. The third kappa shape index (κ3) is 15.2. The van der Waals surface area contributed by atoms with Crippen LogP contribution in [0.3, 0.4) is 0 Å². The number of halogens is 1. The van der Waals surface area contributed by atoms with Crippen LogP contribution >= 0.6 is 20.1 Å². The maximum atomic E-state index is 13.7. The van der Waals surface area contributed by atoms with Gasteiger partial charge in [-0.15, -0.1) is 5.11 Å². The van der Waals surface area contributed by atoms with Crippen LogP contribution in [0.4, 0.5) is 33.4 Å². The molecule has 25 heteroatoms. The molecule has 1 saturated heterocycles. The number of nitrogens with one attached hydrogen (secondary N) is 1. The molecule has 86 heavy (non-hydrogen) atoms. The van der Waals surface area contributed by atoms with E-state index < -0.39 is 43.6 Å². The number of hydrogen-bond acceptors (Lipinski definition) is 18. The van der Waals surface area contributed by atoms with E-state index in [0.29, 0.717) is 52.1 Å². The highest BCUT2D eigenvalue weighted by molar-refractivity contribution is 7.44. The molecule has 1 amide bonds. The van der Waals surface area contributed by atoms with Gasteiger partial charge >= 0.3 is 6.09 Å². The summed E-state index contributed by atoms with van der Waals surface area (Å²) in [4.78, 5) is 45.9. The Labute approximate surface area is 506 Å². The van der Waals surface area contributed by atoms with E-state index in [-0.39, 0.29) is 67.9 Å². The van der Waals surface area contributed by atoms with E-state index in [2.05, 4.69) is 57.7 Å². The van der Waals surface area contributed by atoms with E-state index in [1.807, 2.05) is 117 Å². The molecule has 0 saturated carbocycles. The topological polar surface area (TPSA) is 232 Å². The fraction of sp³-hybridized carbons (Fsp3) is 0.377. The lowest BCUT2D eigenvalue weighted by Crippen LogP contribution is -2.39. The number of azo groups is 1. The molecule has 4 atom stereocenters. The second kappa shape index (κ2) is 29.7. The van der Waals surface area contributed by atoms with E-state index in [1.165, 1.54) is 24.5 Å². The maximum absolute atomic E-state index is 13.7. The fourth-order valence-electron chi connectivity index (χ4n) is 9.71. The average molecular weight is 1210 g/mol. The largest absolute Gasteiger partial charge is 0.497 e. The second-order valence-electron chi connectivity index (χ2n) is 20.6. The molecule has 0 radical (unpaired) electrons. The van der Waals surface area contributed by atoms with Crippen LogP contribution in [0.15, 0.2) is 143 Å². The van der Waals surface area contributed by atoms with E-state index in [1.54, 1.807) is 43.2 Å². The summed E-state index contributed by atoms with van der Waals surface area (Å²) in [6.07, 6.45) is -1.29. The molecule has 3 heterocycles. The smallest absolute Gasteiger partial charge is 0.409 e. The van der Waals surface area contributed by atoms with Crippen LogP contribution < -0.4 is 19.7 Å². The van der Waals surface area contributed by atoms with Crippen molar-refractivity contribution in [2.45, 2.75) is 90.6 Å². The zero-order chi connectivity index (χ0) is 61.5. The summed E-state index contributed by atoms with van der Waals surface area (Å²) in [5, 5.41) is 28.2. The average Bonchev–Trinajstić information content (AvgIpc) is 1.44. The number of nitro groups is 1. The Bertz CT molecular complexity index is 3440. The third-order valence-corrected chi connectivity index (χ3v) is 16.6.